The highest BCUT2D eigenvalue weighted by atomic mass is 19.1. The highest BCUT2D eigenvalue weighted by Crippen LogP contribution is 2.35. The first-order valence-corrected chi connectivity index (χ1v) is 10.9. The second-order valence-corrected chi connectivity index (χ2v) is 9.24. The molecular formula is C23H31FN4O2. The van der Waals surface area contributed by atoms with Crippen LogP contribution in [0.1, 0.15) is 50.8 Å². The lowest BCUT2D eigenvalue weighted by molar-refractivity contribution is -0.00569. The van der Waals surface area contributed by atoms with Crippen molar-refractivity contribution >= 4 is 6.03 Å². The number of urea groups is 1. The molecule has 1 fully saturated rings. The molecule has 2 N–H and O–H groups in total. The molecule has 2 heterocycles. The second kappa shape index (κ2) is 8.38. The minimum atomic E-state index is -0.615. The van der Waals surface area contributed by atoms with Gasteiger partial charge < -0.3 is 15.3 Å². The summed E-state index contributed by atoms with van der Waals surface area (Å²) in [5.74, 6) is 0.536. The molecule has 1 aliphatic heterocycles. The molecule has 0 spiro atoms. The van der Waals surface area contributed by atoms with E-state index in [0.29, 0.717) is 43.6 Å². The molecule has 162 valence electrons. The summed E-state index contributed by atoms with van der Waals surface area (Å²) < 4.78 is 15.3. The van der Waals surface area contributed by atoms with Crippen LogP contribution in [0.4, 0.5) is 9.18 Å². The van der Waals surface area contributed by atoms with Gasteiger partial charge >= 0.3 is 6.03 Å². The van der Waals surface area contributed by atoms with Gasteiger partial charge in [-0.25, -0.2) is 13.9 Å². The highest BCUT2D eigenvalue weighted by molar-refractivity contribution is 5.74. The van der Waals surface area contributed by atoms with E-state index in [1.54, 1.807) is 16.9 Å². The average Bonchev–Trinajstić information content (AvgIpc) is 3.15. The molecule has 30 heavy (non-hydrogen) atoms. The summed E-state index contributed by atoms with van der Waals surface area (Å²) >= 11 is 0. The zero-order valence-corrected chi connectivity index (χ0v) is 17.8. The van der Waals surface area contributed by atoms with Crippen LogP contribution in [0.5, 0.6) is 0 Å². The molecule has 1 aliphatic carbocycles. The number of rotatable bonds is 4. The van der Waals surface area contributed by atoms with Crippen LogP contribution in [0.25, 0.3) is 5.69 Å². The van der Waals surface area contributed by atoms with Crippen molar-refractivity contribution in [2.75, 3.05) is 13.1 Å². The van der Waals surface area contributed by atoms with Gasteiger partial charge in [0.1, 0.15) is 5.82 Å². The van der Waals surface area contributed by atoms with Crippen LogP contribution in [-0.2, 0) is 13.0 Å². The Kier molecular flexibility index (Phi) is 5.82. The first-order chi connectivity index (χ1) is 14.3. The van der Waals surface area contributed by atoms with Crippen LogP contribution in [0.15, 0.2) is 30.5 Å². The summed E-state index contributed by atoms with van der Waals surface area (Å²) in [6.07, 6.45) is 6.57. The standard InChI is InChI=1S/C23H31FN4O2/c1-23(2,30)18-8-6-16(7-9-18)13-25-22(29)27-11-10-21-17(15-27)14-26-28(21)20-5-3-4-19(24)12-20/h3-5,12,14,16,18,30H,6-11,13,15H2,1-2H3,(H,25,29). The fourth-order valence-corrected chi connectivity index (χ4v) is 4.75. The lowest BCUT2D eigenvalue weighted by atomic mass is 9.75. The summed E-state index contributed by atoms with van der Waals surface area (Å²) in [4.78, 5) is 14.5. The van der Waals surface area contributed by atoms with E-state index in [-0.39, 0.29) is 11.8 Å². The van der Waals surface area contributed by atoms with Gasteiger partial charge in [-0.05, 0) is 69.6 Å². The highest BCUT2D eigenvalue weighted by Gasteiger charge is 2.32. The quantitative estimate of drug-likeness (QED) is 0.802. The van der Waals surface area contributed by atoms with E-state index in [1.807, 2.05) is 24.8 Å². The van der Waals surface area contributed by atoms with Gasteiger partial charge in [-0.2, -0.15) is 5.10 Å². The third-order valence-electron chi connectivity index (χ3n) is 6.66. The topological polar surface area (TPSA) is 70.4 Å². The van der Waals surface area contributed by atoms with E-state index in [1.165, 1.54) is 12.1 Å². The Morgan fingerprint density at radius 3 is 2.77 bits per heavy atom. The fourth-order valence-electron chi connectivity index (χ4n) is 4.75. The van der Waals surface area contributed by atoms with Gasteiger partial charge in [0.05, 0.1) is 29.7 Å². The van der Waals surface area contributed by atoms with E-state index in [2.05, 4.69) is 10.4 Å². The molecule has 1 saturated carbocycles. The SMILES string of the molecule is CC(C)(O)C1CCC(CNC(=O)N2CCc3c(cnn3-c3cccc(F)c3)C2)CC1. The summed E-state index contributed by atoms with van der Waals surface area (Å²) in [6.45, 7) is 5.60. The number of aromatic nitrogens is 2. The molecule has 0 bridgehead atoms. The summed E-state index contributed by atoms with van der Waals surface area (Å²) in [5, 5.41) is 17.7. The normalized spacial score (nSPS) is 21.9. The number of carbonyl (C=O) groups is 1. The molecule has 0 atom stereocenters. The maximum Gasteiger partial charge on any atom is 0.317 e. The minimum Gasteiger partial charge on any atom is -0.390 e. The Hall–Kier alpha value is -2.41. The maximum atomic E-state index is 13.6. The Bertz CT molecular complexity index is 897. The van der Waals surface area contributed by atoms with Gasteiger partial charge in [-0.15, -0.1) is 0 Å². The van der Waals surface area contributed by atoms with Crippen molar-refractivity contribution in [1.29, 1.82) is 0 Å². The molecular weight excluding hydrogens is 383 g/mol. The molecule has 4 rings (SSSR count). The van der Waals surface area contributed by atoms with Crippen LogP contribution in [0, 0.1) is 17.7 Å². The van der Waals surface area contributed by atoms with Crippen LogP contribution in [0.3, 0.4) is 0 Å². The first-order valence-electron chi connectivity index (χ1n) is 10.9. The van der Waals surface area contributed by atoms with Gasteiger partial charge in [0.2, 0.25) is 0 Å². The number of halogens is 1. The average molecular weight is 415 g/mol. The Balaban J connectivity index is 1.31. The number of nitrogens with zero attached hydrogens (tertiary/aromatic N) is 3. The Morgan fingerprint density at radius 1 is 1.30 bits per heavy atom. The van der Waals surface area contributed by atoms with Crippen LogP contribution in [-0.4, -0.2) is 44.5 Å². The van der Waals surface area contributed by atoms with Crippen molar-refractivity contribution in [2.24, 2.45) is 11.8 Å². The van der Waals surface area contributed by atoms with E-state index in [9.17, 15) is 14.3 Å². The van der Waals surface area contributed by atoms with Crippen molar-refractivity contribution in [1.82, 2.24) is 20.0 Å². The Labute approximate surface area is 177 Å². The lowest BCUT2D eigenvalue weighted by Crippen LogP contribution is -2.45. The summed E-state index contributed by atoms with van der Waals surface area (Å²) in [5.41, 5.74) is 2.13. The number of amides is 2. The van der Waals surface area contributed by atoms with Crippen molar-refractivity contribution < 1.29 is 14.3 Å². The van der Waals surface area contributed by atoms with Crippen LogP contribution in [0.2, 0.25) is 0 Å². The van der Waals surface area contributed by atoms with E-state index in [4.69, 9.17) is 0 Å². The number of carbonyl (C=O) groups excluding carboxylic acids is 1. The molecule has 0 radical (unpaired) electrons. The molecule has 2 amide bonds. The number of fused-ring (bicyclic) bond motifs is 1. The van der Waals surface area contributed by atoms with E-state index < -0.39 is 5.60 Å². The van der Waals surface area contributed by atoms with E-state index in [0.717, 1.165) is 36.9 Å². The fraction of sp³-hybridized carbons (Fsp3) is 0.565. The molecule has 1 aromatic carbocycles. The first kappa shape index (κ1) is 20.8. The third kappa shape index (κ3) is 4.51. The van der Waals surface area contributed by atoms with Gasteiger partial charge in [-0.3, -0.25) is 0 Å². The molecule has 0 unspecified atom stereocenters. The third-order valence-corrected chi connectivity index (χ3v) is 6.66. The van der Waals surface area contributed by atoms with Crippen molar-refractivity contribution in [3.8, 4) is 5.69 Å². The van der Waals surface area contributed by atoms with Crippen LogP contribution < -0.4 is 5.32 Å². The second-order valence-electron chi connectivity index (χ2n) is 9.24. The summed E-state index contributed by atoms with van der Waals surface area (Å²) in [6, 6.07) is 6.36. The van der Waals surface area contributed by atoms with Gasteiger partial charge in [0.25, 0.3) is 0 Å². The zero-order valence-electron chi connectivity index (χ0n) is 17.8. The van der Waals surface area contributed by atoms with Crippen molar-refractivity contribution in [3.63, 3.8) is 0 Å². The zero-order chi connectivity index (χ0) is 21.3. The number of hydrogen-bond acceptors (Lipinski definition) is 3. The molecule has 2 aromatic rings. The number of hydrogen-bond donors (Lipinski definition) is 2. The molecule has 6 nitrogen and oxygen atoms in total. The van der Waals surface area contributed by atoms with Crippen molar-refractivity contribution in [2.45, 2.75) is 58.1 Å². The molecule has 0 saturated heterocycles. The predicted octanol–water partition coefficient (Wildman–Crippen LogP) is 3.66. The summed E-state index contributed by atoms with van der Waals surface area (Å²) in [7, 11) is 0. The predicted molar refractivity (Wildman–Crippen MR) is 113 cm³/mol. The maximum absolute atomic E-state index is 13.6. The largest absolute Gasteiger partial charge is 0.390 e. The Morgan fingerprint density at radius 2 is 2.07 bits per heavy atom. The number of aliphatic hydroxyl groups is 1. The van der Waals surface area contributed by atoms with Gasteiger partial charge in [0, 0.05) is 25.1 Å². The monoisotopic (exact) mass is 414 g/mol. The molecule has 2 aliphatic rings. The van der Waals surface area contributed by atoms with Crippen molar-refractivity contribution in [3.05, 3.63) is 47.5 Å². The van der Waals surface area contributed by atoms with Crippen LogP contribution >= 0.6 is 0 Å². The minimum absolute atomic E-state index is 0.0382. The molecule has 7 heteroatoms. The van der Waals surface area contributed by atoms with Gasteiger partial charge in [0.15, 0.2) is 0 Å². The number of nitrogens with one attached hydrogen (secondary N) is 1. The molecule has 1 aromatic heterocycles. The van der Waals surface area contributed by atoms with Gasteiger partial charge in [-0.1, -0.05) is 6.07 Å². The van der Waals surface area contributed by atoms with E-state index >= 15 is 0 Å². The number of benzene rings is 1. The lowest BCUT2D eigenvalue weighted by Gasteiger charge is -2.36. The smallest absolute Gasteiger partial charge is 0.317 e.